The van der Waals surface area contributed by atoms with E-state index in [1.54, 1.807) is 18.5 Å². The number of aromatic amines is 1. The molecule has 1 heterocycles. The maximum absolute atomic E-state index is 5.15. The van der Waals surface area contributed by atoms with Crippen LogP contribution in [-0.2, 0) is 0 Å². The molecule has 0 saturated carbocycles. The standard InChI is InChI=1S/C8H11N3S/c1-3-6-11(2)8(12)7-9-4-5-10-7/h3-5H,1,6H2,2H3,(H,9,10). The molecule has 0 unspecified atom stereocenters. The minimum Gasteiger partial charge on any atom is -0.359 e. The van der Waals surface area contributed by atoms with Gasteiger partial charge in [-0.3, -0.25) is 0 Å². The molecule has 0 saturated heterocycles. The maximum atomic E-state index is 5.15. The van der Waals surface area contributed by atoms with Gasteiger partial charge in [-0.05, 0) is 0 Å². The largest absolute Gasteiger partial charge is 0.359 e. The smallest absolute Gasteiger partial charge is 0.165 e. The third kappa shape index (κ3) is 1.92. The van der Waals surface area contributed by atoms with Crippen LogP contribution in [0.3, 0.4) is 0 Å². The first-order valence-electron chi connectivity index (χ1n) is 3.61. The van der Waals surface area contributed by atoms with Crippen LogP contribution in [0.1, 0.15) is 5.82 Å². The van der Waals surface area contributed by atoms with Crippen LogP contribution in [0.4, 0.5) is 0 Å². The topological polar surface area (TPSA) is 31.9 Å². The van der Waals surface area contributed by atoms with Crippen molar-refractivity contribution in [2.75, 3.05) is 13.6 Å². The van der Waals surface area contributed by atoms with Crippen molar-refractivity contribution in [3.63, 3.8) is 0 Å². The van der Waals surface area contributed by atoms with Crippen molar-refractivity contribution < 1.29 is 0 Å². The Kier molecular flexibility index (Phi) is 2.99. The molecule has 1 aromatic rings. The van der Waals surface area contributed by atoms with Crippen LogP contribution in [0.5, 0.6) is 0 Å². The number of thiocarbonyl (C=S) groups is 1. The highest BCUT2D eigenvalue weighted by Gasteiger charge is 2.06. The number of nitrogens with one attached hydrogen (secondary N) is 1. The number of nitrogens with zero attached hydrogens (tertiary/aromatic N) is 2. The molecule has 64 valence electrons. The van der Waals surface area contributed by atoms with E-state index in [1.807, 2.05) is 11.9 Å². The summed E-state index contributed by atoms with van der Waals surface area (Å²) in [7, 11) is 1.91. The summed E-state index contributed by atoms with van der Waals surface area (Å²) in [6.45, 7) is 4.37. The van der Waals surface area contributed by atoms with Gasteiger partial charge in [0.2, 0.25) is 0 Å². The lowest BCUT2D eigenvalue weighted by Crippen LogP contribution is -2.26. The van der Waals surface area contributed by atoms with E-state index in [2.05, 4.69) is 16.5 Å². The Balaban J connectivity index is 2.65. The second-order valence-corrected chi connectivity index (χ2v) is 2.80. The molecule has 0 aliphatic carbocycles. The fourth-order valence-corrected chi connectivity index (χ4v) is 1.03. The fourth-order valence-electron chi connectivity index (χ4n) is 0.840. The van der Waals surface area contributed by atoms with E-state index in [4.69, 9.17) is 12.2 Å². The van der Waals surface area contributed by atoms with Gasteiger partial charge >= 0.3 is 0 Å². The molecule has 0 fully saturated rings. The first kappa shape index (κ1) is 8.93. The van der Waals surface area contributed by atoms with Crippen molar-refractivity contribution >= 4 is 17.2 Å². The lowest BCUT2D eigenvalue weighted by molar-refractivity contribution is 0.573. The Labute approximate surface area is 77.1 Å². The number of H-pyrrole nitrogens is 1. The second kappa shape index (κ2) is 4.01. The molecule has 0 aromatic carbocycles. The highest BCUT2D eigenvalue weighted by atomic mass is 32.1. The molecule has 0 spiro atoms. The Hall–Kier alpha value is -1.16. The van der Waals surface area contributed by atoms with Gasteiger partial charge in [-0.15, -0.1) is 6.58 Å². The summed E-state index contributed by atoms with van der Waals surface area (Å²) in [6, 6.07) is 0. The summed E-state index contributed by atoms with van der Waals surface area (Å²) in [5.74, 6) is 0.731. The van der Waals surface area contributed by atoms with Crippen LogP contribution in [0.2, 0.25) is 0 Å². The lowest BCUT2D eigenvalue weighted by atomic mass is 10.5. The Bertz CT molecular complexity index is 266. The molecule has 4 heteroatoms. The second-order valence-electron chi connectivity index (χ2n) is 2.41. The number of aromatic nitrogens is 2. The monoisotopic (exact) mass is 181 g/mol. The molecule has 12 heavy (non-hydrogen) atoms. The summed E-state index contributed by atoms with van der Waals surface area (Å²) in [6.07, 6.45) is 5.24. The summed E-state index contributed by atoms with van der Waals surface area (Å²) < 4.78 is 0. The van der Waals surface area contributed by atoms with E-state index >= 15 is 0 Å². The normalized spacial score (nSPS) is 9.42. The maximum Gasteiger partial charge on any atom is 0.165 e. The van der Waals surface area contributed by atoms with Gasteiger partial charge in [0.15, 0.2) is 5.82 Å². The summed E-state index contributed by atoms with van der Waals surface area (Å²) >= 11 is 5.15. The number of imidazole rings is 1. The molecular formula is C8H11N3S. The van der Waals surface area contributed by atoms with Gasteiger partial charge in [-0.25, -0.2) is 4.98 Å². The average Bonchev–Trinajstić information content (AvgIpc) is 2.55. The van der Waals surface area contributed by atoms with Gasteiger partial charge in [0.05, 0.1) is 0 Å². The van der Waals surface area contributed by atoms with Gasteiger partial charge in [0, 0.05) is 26.0 Å². The van der Waals surface area contributed by atoms with E-state index in [0.717, 1.165) is 12.4 Å². The molecule has 1 aromatic heterocycles. The van der Waals surface area contributed by atoms with Gasteiger partial charge in [0.25, 0.3) is 0 Å². The minimum absolute atomic E-state index is 0.708. The van der Waals surface area contributed by atoms with E-state index in [1.165, 1.54) is 0 Å². The lowest BCUT2D eigenvalue weighted by Gasteiger charge is -2.15. The molecule has 0 bridgehead atoms. The van der Waals surface area contributed by atoms with Crippen LogP contribution >= 0.6 is 12.2 Å². The number of rotatable bonds is 3. The Morgan fingerprint density at radius 3 is 3.17 bits per heavy atom. The molecule has 1 N–H and O–H groups in total. The van der Waals surface area contributed by atoms with E-state index < -0.39 is 0 Å². The van der Waals surface area contributed by atoms with Crippen molar-refractivity contribution in [3.05, 3.63) is 30.9 Å². The molecule has 0 radical (unpaired) electrons. The fraction of sp³-hybridized carbons (Fsp3) is 0.250. The zero-order chi connectivity index (χ0) is 8.97. The van der Waals surface area contributed by atoms with Gasteiger partial charge < -0.3 is 9.88 Å². The predicted octanol–water partition coefficient (Wildman–Crippen LogP) is 1.20. The number of hydrogen-bond acceptors (Lipinski definition) is 2. The van der Waals surface area contributed by atoms with Crippen LogP contribution in [0, 0.1) is 0 Å². The zero-order valence-electron chi connectivity index (χ0n) is 6.95. The SMILES string of the molecule is C=CCN(C)C(=S)c1ncc[nH]1. The highest BCUT2D eigenvalue weighted by molar-refractivity contribution is 7.80. The molecule has 3 nitrogen and oxygen atoms in total. The first-order valence-corrected chi connectivity index (χ1v) is 4.02. The third-order valence-electron chi connectivity index (χ3n) is 1.45. The molecule has 0 aliphatic rings. The Morgan fingerprint density at radius 1 is 1.92 bits per heavy atom. The van der Waals surface area contributed by atoms with Gasteiger partial charge in [0.1, 0.15) is 4.99 Å². The molecule has 1 rings (SSSR count). The van der Waals surface area contributed by atoms with E-state index in [9.17, 15) is 0 Å². The van der Waals surface area contributed by atoms with E-state index in [-0.39, 0.29) is 0 Å². The van der Waals surface area contributed by atoms with Crippen molar-refractivity contribution in [2.24, 2.45) is 0 Å². The van der Waals surface area contributed by atoms with Crippen molar-refractivity contribution in [2.45, 2.75) is 0 Å². The van der Waals surface area contributed by atoms with Crippen LogP contribution in [0.15, 0.2) is 25.0 Å². The average molecular weight is 181 g/mol. The Morgan fingerprint density at radius 2 is 2.67 bits per heavy atom. The molecule has 0 aliphatic heterocycles. The van der Waals surface area contributed by atoms with Crippen molar-refractivity contribution in [1.82, 2.24) is 14.9 Å². The molecule has 0 atom stereocenters. The zero-order valence-corrected chi connectivity index (χ0v) is 7.77. The number of likely N-dealkylation sites (N-methyl/N-ethyl adjacent to an activating group) is 1. The summed E-state index contributed by atoms with van der Waals surface area (Å²) in [5, 5.41) is 0. The molecule has 0 amide bonds. The summed E-state index contributed by atoms with van der Waals surface area (Å²) in [5.41, 5.74) is 0. The molecular weight excluding hydrogens is 170 g/mol. The van der Waals surface area contributed by atoms with Crippen LogP contribution in [-0.4, -0.2) is 33.4 Å². The first-order chi connectivity index (χ1) is 5.75. The van der Waals surface area contributed by atoms with Gasteiger partial charge in [-0.1, -0.05) is 18.3 Å². The van der Waals surface area contributed by atoms with E-state index in [0.29, 0.717) is 4.99 Å². The van der Waals surface area contributed by atoms with Crippen molar-refractivity contribution in [1.29, 1.82) is 0 Å². The quantitative estimate of drug-likeness (QED) is 0.561. The number of hydrogen-bond donors (Lipinski definition) is 1. The summed E-state index contributed by atoms with van der Waals surface area (Å²) in [4.78, 5) is 9.61. The third-order valence-corrected chi connectivity index (χ3v) is 1.96. The highest BCUT2D eigenvalue weighted by Crippen LogP contribution is 1.97. The predicted molar refractivity (Wildman–Crippen MR) is 53.1 cm³/mol. The van der Waals surface area contributed by atoms with Gasteiger partial charge in [-0.2, -0.15) is 0 Å². The van der Waals surface area contributed by atoms with Crippen molar-refractivity contribution in [3.8, 4) is 0 Å². The minimum atomic E-state index is 0.708. The van der Waals surface area contributed by atoms with Crippen LogP contribution in [0.25, 0.3) is 0 Å². The van der Waals surface area contributed by atoms with Crippen LogP contribution < -0.4 is 0 Å².